The zero-order valence-electron chi connectivity index (χ0n) is 10.7. The fourth-order valence-electron chi connectivity index (χ4n) is 1.60. The Bertz CT molecular complexity index is 640. The highest BCUT2D eigenvalue weighted by Crippen LogP contribution is 2.05. The second kappa shape index (κ2) is 6.85. The number of amides is 1. The highest BCUT2D eigenvalue weighted by atomic mass is 16.1. The molecule has 0 radical (unpaired) electrons. The summed E-state index contributed by atoms with van der Waals surface area (Å²) in [4.78, 5) is 15.5. The lowest BCUT2D eigenvalue weighted by Gasteiger charge is -1.99. The van der Waals surface area contributed by atoms with E-state index in [0.29, 0.717) is 18.5 Å². The van der Waals surface area contributed by atoms with Gasteiger partial charge in [0.05, 0.1) is 11.6 Å². The Morgan fingerprint density at radius 2 is 2.40 bits per heavy atom. The number of nitrogens with one attached hydrogen (secondary N) is 2. The Kier molecular flexibility index (Phi) is 4.62. The number of H-pyrrole nitrogens is 1. The van der Waals surface area contributed by atoms with Gasteiger partial charge in [-0.25, -0.2) is 4.98 Å². The minimum Gasteiger partial charge on any atom is -0.352 e. The number of hydrogen-bond acceptors (Lipinski definition) is 4. The van der Waals surface area contributed by atoms with Crippen LogP contribution in [0, 0.1) is 11.3 Å². The van der Waals surface area contributed by atoms with E-state index in [1.54, 1.807) is 24.3 Å². The van der Waals surface area contributed by atoms with E-state index in [0.717, 1.165) is 11.4 Å². The van der Waals surface area contributed by atoms with E-state index in [2.05, 4.69) is 26.6 Å². The molecule has 100 valence electrons. The predicted molar refractivity (Wildman–Crippen MR) is 73.3 cm³/mol. The van der Waals surface area contributed by atoms with Crippen LogP contribution in [0.5, 0.6) is 0 Å². The van der Waals surface area contributed by atoms with Gasteiger partial charge in [0.25, 0.3) is 0 Å². The quantitative estimate of drug-likeness (QED) is 0.791. The van der Waals surface area contributed by atoms with Crippen molar-refractivity contribution in [3.05, 3.63) is 53.6 Å². The molecule has 0 saturated heterocycles. The average molecular weight is 267 g/mol. The van der Waals surface area contributed by atoms with Crippen LogP contribution in [-0.2, 0) is 11.2 Å². The predicted octanol–water partition coefficient (Wildman–Crippen LogP) is 1.05. The summed E-state index contributed by atoms with van der Waals surface area (Å²) in [5.41, 5.74) is 1.38. The van der Waals surface area contributed by atoms with Crippen molar-refractivity contribution in [2.24, 2.45) is 0 Å². The molecular weight excluding hydrogens is 254 g/mol. The number of hydrogen-bond donors (Lipinski definition) is 2. The van der Waals surface area contributed by atoms with Crippen molar-refractivity contribution in [1.82, 2.24) is 20.5 Å². The second-order valence-corrected chi connectivity index (χ2v) is 4.04. The summed E-state index contributed by atoms with van der Waals surface area (Å²) < 4.78 is 0. The third-order valence-electron chi connectivity index (χ3n) is 2.57. The van der Waals surface area contributed by atoms with Crippen molar-refractivity contribution < 1.29 is 4.79 Å². The molecule has 0 atom stereocenters. The van der Waals surface area contributed by atoms with Gasteiger partial charge in [-0.2, -0.15) is 10.4 Å². The van der Waals surface area contributed by atoms with Gasteiger partial charge in [0, 0.05) is 19.0 Å². The van der Waals surface area contributed by atoms with Gasteiger partial charge in [-0.1, -0.05) is 12.1 Å². The zero-order chi connectivity index (χ0) is 14.2. The molecule has 0 bridgehead atoms. The highest BCUT2D eigenvalue weighted by molar-refractivity contribution is 5.91. The Morgan fingerprint density at radius 1 is 1.50 bits per heavy atom. The first-order chi connectivity index (χ1) is 9.78. The molecule has 0 saturated carbocycles. The standard InChI is InChI=1S/C14H13N5O/c15-9-12-3-1-2-11(8-12)4-5-14(20)16-7-6-13-17-10-18-19-13/h1-5,8,10H,6-7H2,(H,16,20)(H,17,18,19). The van der Waals surface area contributed by atoms with Crippen molar-refractivity contribution in [3.8, 4) is 6.07 Å². The van der Waals surface area contributed by atoms with Crippen LogP contribution < -0.4 is 5.32 Å². The van der Waals surface area contributed by atoms with E-state index in [9.17, 15) is 4.79 Å². The molecular formula is C14H13N5O. The number of carbonyl (C=O) groups is 1. The summed E-state index contributed by atoms with van der Waals surface area (Å²) in [6.45, 7) is 0.483. The Labute approximate surface area is 116 Å². The van der Waals surface area contributed by atoms with E-state index in [1.165, 1.54) is 12.4 Å². The maximum Gasteiger partial charge on any atom is 0.244 e. The summed E-state index contributed by atoms with van der Waals surface area (Å²) in [7, 11) is 0. The maximum atomic E-state index is 11.6. The van der Waals surface area contributed by atoms with E-state index < -0.39 is 0 Å². The number of rotatable bonds is 5. The number of aromatic amines is 1. The lowest BCUT2D eigenvalue weighted by atomic mass is 10.1. The average Bonchev–Trinajstić information content (AvgIpc) is 2.98. The SMILES string of the molecule is N#Cc1cccc(C=CC(=O)NCCc2ncn[nH]2)c1. The van der Waals surface area contributed by atoms with Crippen LogP contribution in [0.1, 0.15) is 17.0 Å². The molecule has 2 N–H and O–H groups in total. The van der Waals surface area contributed by atoms with Crippen molar-refractivity contribution in [2.45, 2.75) is 6.42 Å². The molecule has 0 aliphatic carbocycles. The molecule has 6 heteroatoms. The van der Waals surface area contributed by atoms with Gasteiger partial charge in [-0.05, 0) is 23.8 Å². The van der Waals surface area contributed by atoms with Crippen molar-refractivity contribution in [2.75, 3.05) is 6.54 Å². The van der Waals surface area contributed by atoms with E-state index in [4.69, 9.17) is 5.26 Å². The third kappa shape index (κ3) is 4.07. The summed E-state index contributed by atoms with van der Waals surface area (Å²) in [6.07, 6.45) is 5.14. The molecule has 1 aromatic heterocycles. The number of benzene rings is 1. The second-order valence-electron chi connectivity index (χ2n) is 4.04. The van der Waals surface area contributed by atoms with Gasteiger partial charge in [-0.15, -0.1) is 0 Å². The highest BCUT2D eigenvalue weighted by Gasteiger charge is 1.98. The minimum absolute atomic E-state index is 0.188. The first-order valence-corrected chi connectivity index (χ1v) is 6.08. The number of nitriles is 1. The Hall–Kier alpha value is -2.94. The Morgan fingerprint density at radius 3 is 3.15 bits per heavy atom. The number of aromatic nitrogens is 3. The zero-order valence-corrected chi connectivity index (χ0v) is 10.7. The molecule has 1 amide bonds. The van der Waals surface area contributed by atoms with Crippen LogP contribution in [0.3, 0.4) is 0 Å². The van der Waals surface area contributed by atoms with Gasteiger partial charge in [0.2, 0.25) is 5.91 Å². The number of nitrogens with zero attached hydrogens (tertiary/aromatic N) is 3. The van der Waals surface area contributed by atoms with Gasteiger partial charge in [0.15, 0.2) is 0 Å². The monoisotopic (exact) mass is 267 g/mol. The first-order valence-electron chi connectivity index (χ1n) is 6.08. The van der Waals surface area contributed by atoms with Gasteiger partial charge in [-0.3, -0.25) is 9.89 Å². The molecule has 0 fully saturated rings. The molecule has 1 aromatic carbocycles. The smallest absolute Gasteiger partial charge is 0.244 e. The van der Waals surface area contributed by atoms with Crippen molar-refractivity contribution in [1.29, 1.82) is 5.26 Å². The summed E-state index contributed by atoms with van der Waals surface area (Å²) in [5.74, 6) is 0.544. The van der Waals surface area contributed by atoms with Crippen LogP contribution in [0.15, 0.2) is 36.7 Å². The topological polar surface area (TPSA) is 94.5 Å². The minimum atomic E-state index is -0.188. The summed E-state index contributed by atoms with van der Waals surface area (Å²) >= 11 is 0. The molecule has 6 nitrogen and oxygen atoms in total. The number of carbonyl (C=O) groups excluding carboxylic acids is 1. The molecule has 0 aliphatic rings. The van der Waals surface area contributed by atoms with Crippen molar-refractivity contribution >= 4 is 12.0 Å². The fourth-order valence-corrected chi connectivity index (χ4v) is 1.60. The molecule has 1 heterocycles. The van der Waals surface area contributed by atoms with Crippen LogP contribution in [0.4, 0.5) is 0 Å². The third-order valence-corrected chi connectivity index (χ3v) is 2.57. The first kappa shape index (κ1) is 13.5. The normalized spacial score (nSPS) is 10.3. The maximum absolute atomic E-state index is 11.6. The summed E-state index contributed by atoms with van der Waals surface area (Å²) in [6, 6.07) is 9.10. The molecule has 2 rings (SSSR count). The van der Waals surface area contributed by atoms with E-state index >= 15 is 0 Å². The van der Waals surface area contributed by atoms with Gasteiger partial charge < -0.3 is 5.32 Å². The largest absolute Gasteiger partial charge is 0.352 e. The van der Waals surface area contributed by atoms with E-state index in [-0.39, 0.29) is 5.91 Å². The molecule has 0 unspecified atom stereocenters. The molecule has 20 heavy (non-hydrogen) atoms. The Balaban J connectivity index is 1.81. The van der Waals surface area contributed by atoms with Gasteiger partial charge in [0.1, 0.15) is 12.2 Å². The lowest BCUT2D eigenvalue weighted by molar-refractivity contribution is -0.116. The van der Waals surface area contributed by atoms with Gasteiger partial charge >= 0.3 is 0 Å². The van der Waals surface area contributed by atoms with Crippen LogP contribution in [0.2, 0.25) is 0 Å². The molecule has 2 aromatic rings. The summed E-state index contributed by atoms with van der Waals surface area (Å²) in [5, 5.41) is 18.0. The van der Waals surface area contributed by atoms with Crippen LogP contribution in [0.25, 0.3) is 6.08 Å². The van der Waals surface area contributed by atoms with Crippen LogP contribution in [-0.4, -0.2) is 27.6 Å². The molecule has 0 spiro atoms. The van der Waals surface area contributed by atoms with E-state index in [1.807, 2.05) is 6.07 Å². The van der Waals surface area contributed by atoms with Crippen LogP contribution >= 0.6 is 0 Å². The lowest BCUT2D eigenvalue weighted by Crippen LogP contribution is -2.23. The van der Waals surface area contributed by atoms with Crippen molar-refractivity contribution in [3.63, 3.8) is 0 Å². The fraction of sp³-hybridized carbons (Fsp3) is 0.143. The molecule has 0 aliphatic heterocycles.